The Morgan fingerprint density at radius 3 is 2.57 bits per heavy atom. The molecule has 0 aliphatic heterocycles. The molecule has 0 saturated heterocycles. The number of hydrogen-bond acceptors (Lipinski definition) is 3. The standard InChI is InChI=1S/C23H19FN4O2/c24-17-6-8-18(9-7-17)27-23(30)21(12-15-4-2-1-3-5-15)28-22(29)16-13-20-19(26-14-16)10-11-25-20/h1-11,13-14,21,25H,12H2,(H,27,30)(H,28,29)/t21-/m0/s1. The Kier molecular flexibility index (Phi) is 5.52. The highest BCUT2D eigenvalue weighted by Crippen LogP contribution is 2.13. The van der Waals surface area contributed by atoms with Crippen LogP contribution in [-0.4, -0.2) is 27.8 Å². The van der Waals surface area contributed by atoms with Gasteiger partial charge in [0.05, 0.1) is 16.6 Å². The second-order valence-electron chi connectivity index (χ2n) is 6.85. The fourth-order valence-electron chi connectivity index (χ4n) is 3.12. The van der Waals surface area contributed by atoms with Crippen LogP contribution in [0.25, 0.3) is 11.0 Å². The molecule has 2 amide bonds. The quantitative estimate of drug-likeness (QED) is 0.460. The predicted molar refractivity (Wildman–Crippen MR) is 113 cm³/mol. The first-order chi connectivity index (χ1) is 14.6. The Labute approximate surface area is 172 Å². The van der Waals surface area contributed by atoms with Crippen LogP contribution in [0.2, 0.25) is 0 Å². The van der Waals surface area contributed by atoms with E-state index >= 15 is 0 Å². The molecule has 6 nitrogen and oxygen atoms in total. The van der Waals surface area contributed by atoms with E-state index < -0.39 is 23.7 Å². The van der Waals surface area contributed by atoms with Crippen LogP contribution in [-0.2, 0) is 11.2 Å². The number of nitrogens with zero attached hydrogens (tertiary/aromatic N) is 1. The first kappa shape index (κ1) is 19.3. The number of carbonyl (C=O) groups excluding carboxylic acids is 2. The number of anilines is 1. The van der Waals surface area contributed by atoms with E-state index in [1.54, 1.807) is 12.3 Å². The summed E-state index contributed by atoms with van der Waals surface area (Å²) in [5, 5.41) is 5.52. The van der Waals surface area contributed by atoms with Crippen molar-refractivity contribution in [3.05, 3.63) is 96.1 Å². The molecule has 2 heterocycles. The SMILES string of the molecule is O=C(N[C@@H](Cc1ccccc1)C(=O)Nc1ccc(F)cc1)c1cnc2cc[nH]c2c1. The van der Waals surface area contributed by atoms with E-state index in [0.717, 1.165) is 16.6 Å². The second-order valence-corrected chi connectivity index (χ2v) is 6.85. The maximum atomic E-state index is 13.1. The molecule has 0 fully saturated rings. The molecule has 7 heteroatoms. The van der Waals surface area contributed by atoms with Crippen LogP contribution in [0.15, 0.2) is 79.1 Å². The molecule has 2 aromatic carbocycles. The molecular weight excluding hydrogens is 383 g/mol. The zero-order valence-corrected chi connectivity index (χ0v) is 15.9. The van der Waals surface area contributed by atoms with Crippen LogP contribution >= 0.6 is 0 Å². The van der Waals surface area contributed by atoms with Gasteiger partial charge in [0.25, 0.3) is 5.91 Å². The van der Waals surface area contributed by atoms with Gasteiger partial charge in [0, 0.05) is 24.5 Å². The highest BCUT2D eigenvalue weighted by Gasteiger charge is 2.22. The first-order valence-corrected chi connectivity index (χ1v) is 9.43. The lowest BCUT2D eigenvalue weighted by molar-refractivity contribution is -0.118. The predicted octanol–water partition coefficient (Wildman–Crippen LogP) is 3.68. The third-order valence-electron chi connectivity index (χ3n) is 4.68. The molecule has 0 aliphatic carbocycles. The van der Waals surface area contributed by atoms with E-state index in [1.807, 2.05) is 36.4 Å². The number of benzene rings is 2. The molecule has 0 bridgehead atoms. The Bertz CT molecular complexity index is 1170. The number of aromatic amines is 1. The first-order valence-electron chi connectivity index (χ1n) is 9.43. The topological polar surface area (TPSA) is 86.9 Å². The van der Waals surface area contributed by atoms with Gasteiger partial charge < -0.3 is 15.6 Å². The van der Waals surface area contributed by atoms with Gasteiger partial charge in [-0.15, -0.1) is 0 Å². The number of pyridine rings is 1. The van der Waals surface area contributed by atoms with E-state index in [1.165, 1.54) is 30.5 Å². The zero-order chi connectivity index (χ0) is 20.9. The molecule has 0 saturated carbocycles. The molecule has 0 radical (unpaired) electrons. The maximum Gasteiger partial charge on any atom is 0.253 e. The number of halogens is 1. The van der Waals surface area contributed by atoms with E-state index in [2.05, 4.69) is 20.6 Å². The fraction of sp³-hybridized carbons (Fsp3) is 0.0870. The van der Waals surface area contributed by atoms with Crippen molar-refractivity contribution in [1.82, 2.24) is 15.3 Å². The van der Waals surface area contributed by atoms with Crippen LogP contribution in [0, 0.1) is 5.82 Å². The average molecular weight is 402 g/mol. The second kappa shape index (κ2) is 8.57. The Balaban J connectivity index is 1.54. The lowest BCUT2D eigenvalue weighted by Gasteiger charge is -2.19. The van der Waals surface area contributed by atoms with E-state index in [-0.39, 0.29) is 0 Å². The molecule has 30 heavy (non-hydrogen) atoms. The molecule has 0 aliphatic rings. The summed E-state index contributed by atoms with van der Waals surface area (Å²) in [5.74, 6) is -1.20. The Hall–Kier alpha value is -4.00. The summed E-state index contributed by atoms with van der Waals surface area (Å²) < 4.78 is 13.1. The van der Waals surface area contributed by atoms with Crippen molar-refractivity contribution >= 4 is 28.5 Å². The van der Waals surface area contributed by atoms with Crippen LogP contribution < -0.4 is 10.6 Å². The number of hydrogen-bond donors (Lipinski definition) is 3. The summed E-state index contributed by atoms with van der Waals surface area (Å²) in [6.45, 7) is 0. The van der Waals surface area contributed by atoms with Crippen molar-refractivity contribution in [2.24, 2.45) is 0 Å². The van der Waals surface area contributed by atoms with Gasteiger partial charge in [-0.2, -0.15) is 0 Å². The van der Waals surface area contributed by atoms with E-state index in [9.17, 15) is 14.0 Å². The van der Waals surface area contributed by atoms with Crippen LogP contribution in [0.3, 0.4) is 0 Å². The number of aromatic nitrogens is 2. The molecule has 3 N–H and O–H groups in total. The fourth-order valence-corrected chi connectivity index (χ4v) is 3.12. The van der Waals surface area contributed by atoms with Gasteiger partial charge in [-0.25, -0.2) is 4.39 Å². The average Bonchev–Trinajstić information content (AvgIpc) is 3.23. The molecular formula is C23H19FN4O2. The van der Waals surface area contributed by atoms with Crippen LogP contribution in [0.5, 0.6) is 0 Å². The monoisotopic (exact) mass is 402 g/mol. The van der Waals surface area contributed by atoms with Gasteiger partial charge in [0.15, 0.2) is 0 Å². The third-order valence-corrected chi connectivity index (χ3v) is 4.68. The number of amides is 2. The van der Waals surface area contributed by atoms with Gasteiger partial charge in [-0.1, -0.05) is 30.3 Å². The number of H-pyrrole nitrogens is 1. The summed E-state index contributed by atoms with van der Waals surface area (Å²) in [4.78, 5) is 33.0. The summed E-state index contributed by atoms with van der Waals surface area (Å²) >= 11 is 0. The minimum Gasteiger partial charge on any atom is -0.360 e. The van der Waals surface area contributed by atoms with Gasteiger partial charge in [-0.05, 0) is 42.0 Å². The van der Waals surface area contributed by atoms with Crippen molar-refractivity contribution in [3.8, 4) is 0 Å². The number of carbonyl (C=O) groups is 2. The summed E-state index contributed by atoms with van der Waals surface area (Å²) in [6.07, 6.45) is 3.52. The van der Waals surface area contributed by atoms with Crippen LogP contribution in [0.1, 0.15) is 15.9 Å². The van der Waals surface area contributed by atoms with Gasteiger partial charge >= 0.3 is 0 Å². The van der Waals surface area contributed by atoms with E-state index in [0.29, 0.717) is 17.7 Å². The van der Waals surface area contributed by atoms with E-state index in [4.69, 9.17) is 0 Å². The highest BCUT2D eigenvalue weighted by atomic mass is 19.1. The number of fused-ring (bicyclic) bond motifs is 1. The molecule has 2 aromatic heterocycles. The maximum absolute atomic E-state index is 13.1. The van der Waals surface area contributed by atoms with Gasteiger partial charge in [0.2, 0.25) is 5.91 Å². The van der Waals surface area contributed by atoms with Crippen molar-refractivity contribution in [3.63, 3.8) is 0 Å². The Morgan fingerprint density at radius 2 is 1.80 bits per heavy atom. The largest absolute Gasteiger partial charge is 0.360 e. The summed E-state index contributed by atoms with van der Waals surface area (Å²) in [6, 6.07) is 17.5. The third kappa shape index (κ3) is 4.52. The molecule has 150 valence electrons. The number of nitrogens with one attached hydrogen (secondary N) is 3. The lowest BCUT2D eigenvalue weighted by Crippen LogP contribution is -2.45. The van der Waals surface area contributed by atoms with Crippen LogP contribution in [0.4, 0.5) is 10.1 Å². The smallest absolute Gasteiger partial charge is 0.253 e. The van der Waals surface area contributed by atoms with Crippen molar-refractivity contribution in [2.75, 3.05) is 5.32 Å². The molecule has 0 unspecified atom stereocenters. The minimum atomic E-state index is -0.829. The molecule has 0 spiro atoms. The molecule has 4 rings (SSSR count). The minimum absolute atomic E-state index is 0.303. The van der Waals surface area contributed by atoms with Crippen molar-refractivity contribution in [1.29, 1.82) is 0 Å². The van der Waals surface area contributed by atoms with Crippen molar-refractivity contribution < 1.29 is 14.0 Å². The Morgan fingerprint density at radius 1 is 1.03 bits per heavy atom. The van der Waals surface area contributed by atoms with Gasteiger partial charge in [0.1, 0.15) is 11.9 Å². The summed E-state index contributed by atoms with van der Waals surface area (Å²) in [5.41, 5.74) is 3.18. The lowest BCUT2D eigenvalue weighted by atomic mass is 10.0. The summed E-state index contributed by atoms with van der Waals surface area (Å²) in [7, 11) is 0. The zero-order valence-electron chi connectivity index (χ0n) is 15.9. The number of rotatable bonds is 6. The highest BCUT2D eigenvalue weighted by molar-refractivity contribution is 6.02. The van der Waals surface area contributed by atoms with Crippen molar-refractivity contribution in [2.45, 2.75) is 12.5 Å². The van der Waals surface area contributed by atoms with Gasteiger partial charge in [-0.3, -0.25) is 14.6 Å². The normalized spacial score (nSPS) is 11.8. The molecule has 1 atom stereocenters. The molecule has 4 aromatic rings.